The Hall–Kier alpha value is 3.70. The van der Waals surface area contributed by atoms with Crippen molar-refractivity contribution in [1.82, 2.24) is 0 Å². The summed E-state index contributed by atoms with van der Waals surface area (Å²) in [7, 11) is 0. The normalized spacial score (nSPS) is 13.8. The molecule has 0 aliphatic rings. The molecule has 122 valence electrons. The molecular formula is C8H12Br6ClO3PS. The van der Waals surface area contributed by atoms with Crippen molar-refractivity contribution in [2.75, 3.05) is 13.2 Å². The van der Waals surface area contributed by atoms with Crippen LogP contribution in [0.15, 0.2) is 0 Å². The van der Waals surface area contributed by atoms with Crippen LogP contribution in [0.4, 0.5) is 0 Å². The largest absolute Gasteiger partial charge is 0.343 e. The lowest BCUT2D eigenvalue weighted by atomic mass is 10.4. The molecular weight excluding hydrogens is 722 g/mol. The number of hydrogen-bond acceptors (Lipinski definition) is 4. The minimum Gasteiger partial charge on any atom is -0.308 e. The van der Waals surface area contributed by atoms with Crippen molar-refractivity contribution >= 4 is 126 Å². The van der Waals surface area contributed by atoms with Gasteiger partial charge in [0.15, 0.2) is 0 Å². The standard InChI is InChI=1S/C8H12Br6ClO3PS/c9-7(10,11)3-1-5-16-19(20,18-15)17-6-2-4-8(12,13)14/h1-6H2. The van der Waals surface area contributed by atoms with E-state index in [1.54, 1.807) is 0 Å². The highest BCUT2D eigenvalue weighted by molar-refractivity contribution is 9.39. The second-order valence-electron chi connectivity index (χ2n) is 3.62. The molecule has 0 N–H and O–H groups in total. The first-order valence-electron chi connectivity index (χ1n) is 5.30. The summed E-state index contributed by atoms with van der Waals surface area (Å²) in [5.41, 5.74) is 0. The van der Waals surface area contributed by atoms with Crippen LogP contribution in [0.5, 0.6) is 0 Å². The van der Waals surface area contributed by atoms with Gasteiger partial charge in [-0.3, -0.25) is 0 Å². The topological polar surface area (TPSA) is 27.7 Å². The third-order valence-corrected chi connectivity index (χ3v) is 6.98. The van der Waals surface area contributed by atoms with Crippen molar-refractivity contribution in [3.05, 3.63) is 0 Å². The van der Waals surface area contributed by atoms with Crippen LogP contribution in [0, 0.1) is 0 Å². The monoisotopic (exact) mass is 728 g/mol. The molecule has 20 heavy (non-hydrogen) atoms. The Morgan fingerprint density at radius 1 is 0.850 bits per heavy atom. The fraction of sp³-hybridized carbons (Fsp3) is 1.00. The molecule has 0 saturated carbocycles. The van der Waals surface area contributed by atoms with Gasteiger partial charge in [-0.1, -0.05) is 95.6 Å². The molecule has 0 spiro atoms. The molecule has 0 radical (unpaired) electrons. The summed E-state index contributed by atoms with van der Waals surface area (Å²) in [6.07, 6.45) is 3.11. The summed E-state index contributed by atoms with van der Waals surface area (Å²) in [4.78, 5) is 0. The molecule has 0 rings (SSSR count). The van der Waals surface area contributed by atoms with E-state index in [0.717, 1.165) is 25.7 Å². The summed E-state index contributed by atoms with van der Waals surface area (Å²) in [6.45, 7) is -2.04. The quantitative estimate of drug-likeness (QED) is 0.138. The van der Waals surface area contributed by atoms with Gasteiger partial charge in [0.2, 0.25) is 0 Å². The van der Waals surface area contributed by atoms with Gasteiger partial charge in [0, 0.05) is 0 Å². The van der Waals surface area contributed by atoms with E-state index in [1.165, 1.54) is 0 Å². The third-order valence-electron chi connectivity index (χ3n) is 1.79. The van der Waals surface area contributed by atoms with Crippen LogP contribution in [0.2, 0.25) is 0 Å². The number of halogens is 7. The Morgan fingerprint density at radius 2 is 1.20 bits per heavy atom. The third kappa shape index (κ3) is 15.2. The zero-order chi connectivity index (χ0) is 15.9. The van der Waals surface area contributed by atoms with Gasteiger partial charge in [-0.05, 0) is 37.5 Å². The van der Waals surface area contributed by atoms with E-state index in [1.807, 2.05) is 0 Å². The lowest BCUT2D eigenvalue weighted by Gasteiger charge is -2.19. The second kappa shape index (κ2) is 11.3. The van der Waals surface area contributed by atoms with E-state index in [-0.39, 0.29) is 4.29 Å². The average molecular weight is 734 g/mol. The van der Waals surface area contributed by atoms with Crippen LogP contribution in [0.3, 0.4) is 0 Å². The van der Waals surface area contributed by atoms with Crippen molar-refractivity contribution in [3.63, 3.8) is 0 Å². The van der Waals surface area contributed by atoms with Crippen molar-refractivity contribution in [3.8, 4) is 0 Å². The fourth-order valence-electron chi connectivity index (χ4n) is 0.975. The summed E-state index contributed by atoms with van der Waals surface area (Å²) in [5.74, 6) is 0. The van der Waals surface area contributed by atoms with Crippen LogP contribution in [0.1, 0.15) is 25.7 Å². The minimum absolute atomic E-state index is 0.285. The summed E-state index contributed by atoms with van der Waals surface area (Å²) in [6, 6.07) is 0. The average Bonchev–Trinajstić information content (AvgIpc) is 2.28. The zero-order valence-corrected chi connectivity index (χ0v) is 22.0. The molecule has 0 amide bonds. The molecule has 12 heteroatoms. The van der Waals surface area contributed by atoms with Gasteiger partial charge in [-0.15, -0.1) is 0 Å². The lowest BCUT2D eigenvalue weighted by Crippen LogP contribution is -2.05. The Kier molecular flexibility index (Phi) is 13.4. The van der Waals surface area contributed by atoms with Gasteiger partial charge in [-0.2, -0.15) is 4.08 Å². The Labute approximate surface area is 180 Å². The molecule has 0 atom stereocenters. The van der Waals surface area contributed by atoms with Crippen molar-refractivity contribution in [2.24, 2.45) is 0 Å². The Balaban J connectivity index is 3.93. The molecule has 0 aliphatic heterocycles. The number of rotatable bonds is 9. The maximum absolute atomic E-state index is 5.46. The van der Waals surface area contributed by atoms with Gasteiger partial charge in [0.05, 0.1) is 25.1 Å². The van der Waals surface area contributed by atoms with E-state index in [9.17, 15) is 0 Å². The van der Waals surface area contributed by atoms with Crippen LogP contribution in [0.25, 0.3) is 0 Å². The molecule has 0 aliphatic carbocycles. The predicted octanol–water partition coefficient (Wildman–Crippen LogP) is 7.65. The van der Waals surface area contributed by atoms with Gasteiger partial charge < -0.3 is 9.05 Å². The molecule has 0 unspecified atom stereocenters. The fourth-order valence-corrected chi connectivity index (χ4v) is 4.20. The van der Waals surface area contributed by atoms with Crippen molar-refractivity contribution < 1.29 is 13.1 Å². The zero-order valence-electron chi connectivity index (χ0n) is 9.97. The molecule has 0 bridgehead atoms. The molecule has 0 aromatic heterocycles. The maximum atomic E-state index is 5.46. The van der Waals surface area contributed by atoms with Gasteiger partial charge >= 0.3 is 6.72 Å². The van der Waals surface area contributed by atoms with Crippen LogP contribution < -0.4 is 0 Å². The predicted molar refractivity (Wildman–Crippen MR) is 111 cm³/mol. The summed E-state index contributed by atoms with van der Waals surface area (Å²) in [5, 5.41) is 0. The summed E-state index contributed by atoms with van der Waals surface area (Å²) >= 11 is 31.0. The van der Waals surface area contributed by atoms with Crippen LogP contribution in [-0.4, -0.2) is 17.5 Å². The van der Waals surface area contributed by atoms with E-state index < -0.39 is 6.72 Å². The van der Waals surface area contributed by atoms with E-state index in [4.69, 9.17) is 32.7 Å². The van der Waals surface area contributed by atoms with Crippen molar-refractivity contribution in [1.29, 1.82) is 0 Å². The van der Waals surface area contributed by atoms with E-state index in [0.29, 0.717) is 13.2 Å². The molecule has 0 saturated heterocycles. The number of hydrogen-bond donors (Lipinski definition) is 0. The highest BCUT2D eigenvalue weighted by Crippen LogP contribution is 2.52. The van der Waals surface area contributed by atoms with Gasteiger partial charge in [0.25, 0.3) is 0 Å². The SMILES string of the molecule is S=P(OCl)(OCCCC(Br)(Br)Br)OCCCC(Br)(Br)Br. The first-order chi connectivity index (χ1) is 8.97. The first kappa shape index (κ1) is 23.7. The van der Waals surface area contributed by atoms with Crippen LogP contribution in [-0.2, 0) is 24.9 Å². The smallest absolute Gasteiger partial charge is 0.308 e. The molecule has 0 heterocycles. The minimum atomic E-state index is -2.86. The summed E-state index contributed by atoms with van der Waals surface area (Å²) < 4.78 is 15.0. The molecule has 3 nitrogen and oxygen atoms in total. The second-order valence-corrected chi connectivity index (χ2v) is 21.4. The van der Waals surface area contributed by atoms with Crippen LogP contribution >= 0.6 is 114 Å². The van der Waals surface area contributed by atoms with Gasteiger partial charge in [0.1, 0.15) is 4.29 Å². The molecule has 0 fully saturated rings. The Bertz CT molecular complexity index is 298. The highest BCUT2D eigenvalue weighted by atomic mass is 80.0. The maximum Gasteiger partial charge on any atom is 0.343 e. The number of alkyl halides is 6. The lowest BCUT2D eigenvalue weighted by molar-refractivity contribution is 0.201. The first-order valence-corrected chi connectivity index (χ1v) is 12.9. The highest BCUT2D eigenvalue weighted by Gasteiger charge is 2.23. The van der Waals surface area contributed by atoms with E-state index in [2.05, 4.69) is 99.7 Å². The van der Waals surface area contributed by atoms with Gasteiger partial charge in [-0.25, -0.2) is 0 Å². The van der Waals surface area contributed by atoms with E-state index >= 15 is 0 Å². The molecule has 0 aromatic rings. The molecule has 0 aromatic carbocycles. The van der Waals surface area contributed by atoms with Crippen molar-refractivity contribution in [2.45, 2.75) is 30.0 Å². The Morgan fingerprint density at radius 3 is 1.45 bits per heavy atom.